The summed E-state index contributed by atoms with van der Waals surface area (Å²) in [5, 5.41) is 0. The lowest BCUT2D eigenvalue weighted by molar-refractivity contribution is 0.498. The van der Waals surface area contributed by atoms with Crippen LogP contribution in [0.5, 0.6) is 0 Å². The third-order valence-electron chi connectivity index (χ3n) is 1.66. The molecular weight excluding hydrogens is 138 g/mol. The molecule has 0 atom stereocenters. The summed E-state index contributed by atoms with van der Waals surface area (Å²) in [6.45, 7) is 2.82. The molecular formula is C9H15NO. The molecule has 0 aliphatic carbocycles. The Labute approximate surface area is 67.4 Å². The van der Waals surface area contributed by atoms with Crippen LogP contribution in [-0.4, -0.2) is 6.54 Å². The molecule has 2 heteroatoms. The Kier molecular flexibility index (Phi) is 3.17. The molecule has 0 aliphatic heterocycles. The van der Waals surface area contributed by atoms with Crippen LogP contribution in [0, 0.1) is 6.92 Å². The summed E-state index contributed by atoms with van der Waals surface area (Å²) in [5.74, 6) is 1.08. The Balaban J connectivity index is 2.27. The predicted octanol–water partition coefficient (Wildman–Crippen LogP) is 1.87. The third-order valence-corrected chi connectivity index (χ3v) is 1.66. The van der Waals surface area contributed by atoms with Crippen molar-refractivity contribution >= 4 is 0 Å². The van der Waals surface area contributed by atoms with E-state index in [0.29, 0.717) is 0 Å². The Bertz CT molecular complexity index is 205. The standard InChI is InChI=1S/C9H15NO/c1-8-6-9(11-7-8)4-2-3-5-10/h6-7H,2-5,10H2,1H3. The van der Waals surface area contributed by atoms with Crippen molar-refractivity contribution in [2.75, 3.05) is 6.54 Å². The summed E-state index contributed by atoms with van der Waals surface area (Å²) in [6.07, 6.45) is 5.02. The van der Waals surface area contributed by atoms with Crippen molar-refractivity contribution in [3.63, 3.8) is 0 Å². The summed E-state index contributed by atoms with van der Waals surface area (Å²) >= 11 is 0. The van der Waals surface area contributed by atoms with Gasteiger partial charge in [0, 0.05) is 6.42 Å². The van der Waals surface area contributed by atoms with E-state index in [1.54, 1.807) is 6.26 Å². The van der Waals surface area contributed by atoms with E-state index in [2.05, 4.69) is 6.07 Å². The monoisotopic (exact) mass is 153 g/mol. The number of hydrogen-bond acceptors (Lipinski definition) is 2. The van der Waals surface area contributed by atoms with Crippen LogP contribution < -0.4 is 5.73 Å². The van der Waals surface area contributed by atoms with Gasteiger partial charge in [-0.3, -0.25) is 0 Å². The quantitative estimate of drug-likeness (QED) is 0.671. The molecule has 0 bridgehead atoms. The van der Waals surface area contributed by atoms with E-state index in [1.807, 2.05) is 6.92 Å². The second-order valence-electron chi connectivity index (χ2n) is 2.84. The molecule has 0 fully saturated rings. The van der Waals surface area contributed by atoms with Gasteiger partial charge in [-0.15, -0.1) is 0 Å². The highest BCUT2D eigenvalue weighted by molar-refractivity contribution is 5.10. The molecule has 2 N–H and O–H groups in total. The molecule has 1 aromatic rings. The van der Waals surface area contributed by atoms with E-state index in [9.17, 15) is 0 Å². The fourth-order valence-electron chi connectivity index (χ4n) is 1.07. The fraction of sp³-hybridized carbons (Fsp3) is 0.556. The lowest BCUT2D eigenvalue weighted by Crippen LogP contribution is -1.98. The van der Waals surface area contributed by atoms with Crippen LogP contribution in [0.4, 0.5) is 0 Å². The van der Waals surface area contributed by atoms with Crippen molar-refractivity contribution < 1.29 is 4.42 Å². The number of aryl methyl sites for hydroxylation is 2. The van der Waals surface area contributed by atoms with E-state index < -0.39 is 0 Å². The first-order valence-electron chi connectivity index (χ1n) is 4.07. The third kappa shape index (κ3) is 2.76. The highest BCUT2D eigenvalue weighted by Gasteiger charge is 1.96. The van der Waals surface area contributed by atoms with E-state index in [0.717, 1.165) is 31.6 Å². The Morgan fingerprint density at radius 3 is 2.82 bits per heavy atom. The van der Waals surface area contributed by atoms with E-state index in [-0.39, 0.29) is 0 Å². The Hall–Kier alpha value is -0.760. The molecule has 1 rings (SSSR count). The normalized spacial score (nSPS) is 10.4. The SMILES string of the molecule is Cc1coc(CCCCN)c1. The number of hydrogen-bond donors (Lipinski definition) is 1. The number of unbranched alkanes of at least 4 members (excludes halogenated alkanes) is 1. The number of furan rings is 1. The molecule has 0 aliphatic rings. The largest absolute Gasteiger partial charge is 0.469 e. The average molecular weight is 153 g/mol. The first-order valence-corrected chi connectivity index (χ1v) is 4.07. The van der Waals surface area contributed by atoms with Crippen LogP contribution in [-0.2, 0) is 6.42 Å². The van der Waals surface area contributed by atoms with Crippen molar-refractivity contribution in [1.29, 1.82) is 0 Å². The molecule has 0 radical (unpaired) electrons. The molecule has 0 spiro atoms. The first-order chi connectivity index (χ1) is 5.33. The Morgan fingerprint density at radius 1 is 1.45 bits per heavy atom. The van der Waals surface area contributed by atoms with E-state index in [4.69, 9.17) is 10.2 Å². The fourth-order valence-corrected chi connectivity index (χ4v) is 1.07. The molecule has 1 aromatic heterocycles. The molecule has 0 saturated carbocycles. The molecule has 0 aromatic carbocycles. The van der Waals surface area contributed by atoms with E-state index >= 15 is 0 Å². The lowest BCUT2D eigenvalue weighted by Gasteiger charge is -1.93. The second kappa shape index (κ2) is 4.19. The van der Waals surface area contributed by atoms with Gasteiger partial charge >= 0.3 is 0 Å². The minimum absolute atomic E-state index is 0.777. The van der Waals surface area contributed by atoms with Gasteiger partial charge in [0.1, 0.15) is 5.76 Å². The van der Waals surface area contributed by atoms with Gasteiger partial charge in [-0.1, -0.05) is 0 Å². The van der Waals surface area contributed by atoms with Crippen molar-refractivity contribution in [1.82, 2.24) is 0 Å². The first kappa shape index (κ1) is 8.34. The minimum atomic E-state index is 0.777. The Morgan fingerprint density at radius 2 is 2.27 bits per heavy atom. The van der Waals surface area contributed by atoms with Crippen molar-refractivity contribution in [2.45, 2.75) is 26.2 Å². The van der Waals surface area contributed by atoms with Crippen LogP contribution in [0.3, 0.4) is 0 Å². The molecule has 0 unspecified atom stereocenters. The molecule has 1 heterocycles. The van der Waals surface area contributed by atoms with Crippen LogP contribution in [0.2, 0.25) is 0 Å². The van der Waals surface area contributed by atoms with Crippen LogP contribution in [0.1, 0.15) is 24.2 Å². The maximum absolute atomic E-state index is 5.37. The van der Waals surface area contributed by atoms with Crippen molar-refractivity contribution in [3.05, 3.63) is 23.7 Å². The summed E-state index contributed by atoms with van der Waals surface area (Å²) in [4.78, 5) is 0. The zero-order valence-electron chi connectivity index (χ0n) is 6.97. The van der Waals surface area contributed by atoms with Crippen molar-refractivity contribution in [2.24, 2.45) is 5.73 Å². The highest BCUT2D eigenvalue weighted by Crippen LogP contribution is 2.08. The van der Waals surface area contributed by atoms with Crippen LogP contribution >= 0.6 is 0 Å². The van der Waals surface area contributed by atoms with Gasteiger partial charge in [0.2, 0.25) is 0 Å². The second-order valence-corrected chi connectivity index (χ2v) is 2.84. The van der Waals surface area contributed by atoms with Crippen LogP contribution in [0.15, 0.2) is 16.7 Å². The highest BCUT2D eigenvalue weighted by atomic mass is 16.3. The van der Waals surface area contributed by atoms with Gasteiger partial charge in [-0.25, -0.2) is 0 Å². The molecule has 0 amide bonds. The number of nitrogens with two attached hydrogens (primary N) is 1. The van der Waals surface area contributed by atoms with Gasteiger partial charge in [-0.2, -0.15) is 0 Å². The minimum Gasteiger partial charge on any atom is -0.469 e. The van der Waals surface area contributed by atoms with Gasteiger partial charge < -0.3 is 10.2 Å². The van der Waals surface area contributed by atoms with Gasteiger partial charge in [0.15, 0.2) is 0 Å². The smallest absolute Gasteiger partial charge is 0.104 e. The summed E-state index contributed by atoms with van der Waals surface area (Å²) < 4.78 is 5.27. The van der Waals surface area contributed by atoms with E-state index in [1.165, 1.54) is 5.56 Å². The molecule has 62 valence electrons. The summed E-state index contributed by atoms with van der Waals surface area (Å²) in [6, 6.07) is 2.08. The van der Waals surface area contributed by atoms with Crippen molar-refractivity contribution in [3.8, 4) is 0 Å². The average Bonchev–Trinajstić information content (AvgIpc) is 2.37. The summed E-state index contributed by atoms with van der Waals surface area (Å²) in [5.41, 5.74) is 6.57. The topological polar surface area (TPSA) is 39.2 Å². The maximum Gasteiger partial charge on any atom is 0.104 e. The van der Waals surface area contributed by atoms with Crippen LogP contribution in [0.25, 0.3) is 0 Å². The van der Waals surface area contributed by atoms with Gasteiger partial charge in [0.05, 0.1) is 6.26 Å². The zero-order valence-corrected chi connectivity index (χ0v) is 6.97. The molecule has 0 saturated heterocycles. The number of rotatable bonds is 4. The van der Waals surface area contributed by atoms with Gasteiger partial charge in [0.25, 0.3) is 0 Å². The molecule has 11 heavy (non-hydrogen) atoms. The van der Waals surface area contributed by atoms with Gasteiger partial charge in [-0.05, 0) is 37.9 Å². The predicted molar refractivity (Wildman–Crippen MR) is 45.4 cm³/mol. The zero-order chi connectivity index (χ0) is 8.10. The maximum atomic E-state index is 5.37. The summed E-state index contributed by atoms with van der Waals surface area (Å²) in [7, 11) is 0. The molecule has 2 nitrogen and oxygen atoms in total. The lowest BCUT2D eigenvalue weighted by atomic mass is 10.2.